The molecule has 1 aromatic carbocycles. The number of esters is 1. The van der Waals surface area contributed by atoms with E-state index < -0.39 is 34.7 Å². The number of nitrogens with one attached hydrogen (secondary N) is 1. The van der Waals surface area contributed by atoms with Gasteiger partial charge in [-0.2, -0.15) is 13.2 Å². The maximum atomic E-state index is 12.0. The lowest BCUT2D eigenvalue weighted by atomic mass is 10.2. The van der Waals surface area contributed by atoms with Gasteiger partial charge in [-0.05, 0) is 57.3 Å². The number of benzene rings is 1. The topological polar surface area (TPSA) is 92.7 Å². The molecule has 0 saturated carbocycles. The molecule has 124 valence electrons. The maximum Gasteiger partial charge on any atom is 0.511 e. The summed E-state index contributed by atoms with van der Waals surface area (Å²) in [5.74, 6) is -1.29. The van der Waals surface area contributed by atoms with Crippen LogP contribution in [0.4, 0.5) is 13.2 Å². The average molecular weight is 565 g/mol. The van der Waals surface area contributed by atoms with E-state index in [9.17, 15) is 31.5 Å². The second-order valence-corrected chi connectivity index (χ2v) is 7.93. The van der Waals surface area contributed by atoms with Crippen LogP contribution in [0.2, 0.25) is 0 Å². The van der Waals surface area contributed by atoms with Crippen molar-refractivity contribution in [3.05, 3.63) is 24.8 Å². The van der Waals surface area contributed by atoms with E-state index >= 15 is 0 Å². The van der Waals surface area contributed by atoms with Crippen molar-refractivity contribution in [2.75, 3.05) is 13.2 Å². The summed E-state index contributed by atoms with van der Waals surface area (Å²) in [5, 5.41) is 9.71. The molecule has 0 aliphatic heterocycles. The fraction of sp³-hybridized carbons (Fsp3) is 0.300. The number of aromatic hydroxyl groups is 1. The Morgan fingerprint density at radius 1 is 1.32 bits per heavy atom. The third kappa shape index (κ3) is 5.09. The highest BCUT2D eigenvalue weighted by molar-refractivity contribution is 14.1. The smallest absolute Gasteiger partial charge is 0.506 e. The number of halogens is 5. The van der Waals surface area contributed by atoms with Gasteiger partial charge < -0.3 is 9.84 Å². The zero-order valence-corrected chi connectivity index (χ0v) is 15.6. The van der Waals surface area contributed by atoms with Crippen LogP contribution in [-0.2, 0) is 14.8 Å². The van der Waals surface area contributed by atoms with Crippen molar-refractivity contribution in [1.82, 2.24) is 4.72 Å². The van der Waals surface area contributed by atoms with Crippen molar-refractivity contribution in [1.29, 1.82) is 0 Å². The van der Waals surface area contributed by atoms with E-state index in [1.807, 2.05) is 22.6 Å². The van der Waals surface area contributed by atoms with Crippen LogP contribution in [0.25, 0.3) is 0 Å². The fourth-order valence-electron chi connectivity index (χ4n) is 1.20. The molecule has 6 nitrogen and oxygen atoms in total. The molecule has 0 radical (unpaired) electrons. The highest BCUT2D eigenvalue weighted by Gasteiger charge is 2.45. The molecule has 1 aromatic rings. The molecule has 0 saturated heterocycles. The molecular weight excluding hydrogens is 557 g/mol. The molecule has 0 heterocycles. The standard InChI is InChI=1S/C10H8F3I2NO5S/c11-10(12,13)22(19,20)16-1-2-21-9(18)6-3-5(14)4-7(15)8(6)17/h3-4,16-17H,1-2H2. The number of carbonyl (C=O) groups excluding carboxylic acids is 1. The lowest BCUT2D eigenvalue weighted by molar-refractivity contribution is -0.0448. The Bertz CT molecular complexity index is 678. The lowest BCUT2D eigenvalue weighted by Gasteiger charge is -2.10. The lowest BCUT2D eigenvalue weighted by Crippen LogP contribution is -2.38. The number of rotatable bonds is 5. The second-order valence-electron chi connectivity index (χ2n) is 3.76. The van der Waals surface area contributed by atoms with Crippen molar-refractivity contribution in [2.24, 2.45) is 0 Å². The van der Waals surface area contributed by atoms with E-state index in [0.29, 0.717) is 7.14 Å². The minimum Gasteiger partial charge on any atom is -0.506 e. The highest BCUT2D eigenvalue weighted by Crippen LogP contribution is 2.27. The molecule has 2 N–H and O–H groups in total. The van der Waals surface area contributed by atoms with Crippen LogP contribution in [0.15, 0.2) is 12.1 Å². The summed E-state index contributed by atoms with van der Waals surface area (Å²) in [6.45, 7) is -1.36. The maximum absolute atomic E-state index is 12.0. The van der Waals surface area contributed by atoms with Gasteiger partial charge in [0, 0.05) is 10.1 Å². The molecule has 0 aliphatic carbocycles. The molecule has 0 amide bonds. The first kappa shape index (κ1) is 19.7. The first-order valence-electron chi connectivity index (χ1n) is 5.37. The number of phenolic OH excluding ortho intramolecular Hbond substituents is 1. The van der Waals surface area contributed by atoms with Crippen LogP contribution in [0, 0.1) is 7.14 Å². The third-order valence-corrected chi connectivity index (χ3v) is 4.82. The first-order chi connectivity index (χ1) is 9.95. The molecule has 0 unspecified atom stereocenters. The molecule has 22 heavy (non-hydrogen) atoms. The predicted octanol–water partition coefficient (Wildman–Crippen LogP) is 2.20. The van der Waals surface area contributed by atoms with E-state index in [4.69, 9.17) is 0 Å². The minimum atomic E-state index is -5.47. The summed E-state index contributed by atoms with van der Waals surface area (Å²) in [5.41, 5.74) is -5.59. The number of hydrogen-bond donors (Lipinski definition) is 2. The fourth-order valence-corrected chi connectivity index (χ4v) is 3.56. The summed E-state index contributed by atoms with van der Waals surface area (Å²) in [4.78, 5) is 11.7. The Morgan fingerprint density at radius 2 is 1.91 bits per heavy atom. The van der Waals surface area contributed by atoms with Crippen LogP contribution in [0.5, 0.6) is 5.75 Å². The van der Waals surface area contributed by atoms with Gasteiger partial charge in [0.05, 0.1) is 3.57 Å². The first-order valence-corrected chi connectivity index (χ1v) is 9.01. The number of carbonyl (C=O) groups is 1. The van der Waals surface area contributed by atoms with Gasteiger partial charge in [-0.15, -0.1) is 0 Å². The Labute approximate surface area is 150 Å². The normalized spacial score (nSPS) is 12.2. The van der Waals surface area contributed by atoms with Gasteiger partial charge in [0.25, 0.3) is 0 Å². The van der Waals surface area contributed by atoms with E-state index in [2.05, 4.69) is 4.74 Å². The Balaban J connectivity index is 2.62. The van der Waals surface area contributed by atoms with Crippen molar-refractivity contribution in [3.63, 3.8) is 0 Å². The number of alkyl halides is 3. The van der Waals surface area contributed by atoms with Gasteiger partial charge in [0.15, 0.2) is 0 Å². The predicted molar refractivity (Wildman–Crippen MR) is 86.8 cm³/mol. The van der Waals surface area contributed by atoms with Crippen LogP contribution < -0.4 is 4.72 Å². The van der Waals surface area contributed by atoms with E-state index in [-0.39, 0.29) is 11.3 Å². The van der Waals surface area contributed by atoms with Gasteiger partial charge in [0.2, 0.25) is 0 Å². The van der Waals surface area contributed by atoms with Gasteiger partial charge in [-0.1, -0.05) is 0 Å². The summed E-state index contributed by atoms with van der Waals surface area (Å²) >= 11 is 3.70. The number of phenols is 1. The van der Waals surface area contributed by atoms with Gasteiger partial charge in [-0.25, -0.2) is 17.9 Å². The number of sulfonamides is 1. The molecule has 0 spiro atoms. The van der Waals surface area contributed by atoms with Crippen molar-refractivity contribution in [2.45, 2.75) is 5.51 Å². The Kier molecular flexibility index (Phi) is 6.70. The number of ether oxygens (including phenoxy) is 1. The van der Waals surface area contributed by atoms with Crippen LogP contribution in [0.1, 0.15) is 10.4 Å². The Morgan fingerprint density at radius 3 is 2.45 bits per heavy atom. The molecule has 0 aliphatic rings. The molecular formula is C10H8F3I2NO5S. The quantitative estimate of drug-likeness (QED) is 0.325. The zero-order chi connectivity index (χ0) is 17.1. The molecule has 0 atom stereocenters. The minimum absolute atomic E-state index is 0.157. The largest absolute Gasteiger partial charge is 0.511 e. The van der Waals surface area contributed by atoms with Crippen molar-refractivity contribution >= 4 is 61.2 Å². The Hall–Kier alpha value is -0.350. The third-order valence-electron chi connectivity index (χ3n) is 2.18. The molecule has 0 fully saturated rings. The van der Waals surface area contributed by atoms with Gasteiger partial charge in [0.1, 0.15) is 17.9 Å². The molecule has 12 heteroatoms. The van der Waals surface area contributed by atoms with Crippen LogP contribution in [0.3, 0.4) is 0 Å². The molecule has 0 aromatic heterocycles. The highest BCUT2D eigenvalue weighted by atomic mass is 127. The van der Waals surface area contributed by atoms with Crippen molar-refractivity contribution in [3.8, 4) is 5.75 Å². The SMILES string of the molecule is O=C(OCCNS(=O)(=O)C(F)(F)F)c1cc(I)cc(I)c1O. The molecule has 0 bridgehead atoms. The van der Waals surface area contributed by atoms with Crippen molar-refractivity contribution < 1.29 is 36.2 Å². The summed E-state index contributed by atoms with van der Waals surface area (Å²) in [7, 11) is -5.47. The monoisotopic (exact) mass is 565 g/mol. The van der Waals surface area contributed by atoms with E-state index in [0.717, 1.165) is 0 Å². The average Bonchev–Trinajstić information content (AvgIpc) is 2.37. The zero-order valence-electron chi connectivity index (χ0n) is 10.4. The summed E-state index contributed by atoms with van der Waals surface area (Å²) < 4.78 is 64.4. The van der Waals surface area contributed by atoms with E-state index in [1.165, 1.54) is 10.8 Å². The molecule has 1 rings (SSSR count). The second kappa shape index (κ2) is 7.48. The van der Waals surface area contributed by atoms with Crippen LogP contribution in [-0.4, -0.2) is 38.2 Å². The van der Waals surface area contributed by atoms with E-state index in [1.54, 1.807) is 28.7 Å². The summed E-state index contributed by atoms with van der Waals surface area (Å²) in [6, 6.07) is 2.94. The summed E-state index contributed by atoms with van der Waals surface area (Å²) in [6.07, 6.45) is 0. The van der Waals surface area contributed by atoms with Gasteiger partial charge in [-0.3, -0.25) is 0 Å². The number of hydrogen-bond acceptors (Lipinski definition) is 5. The van der Waals surface area contributed by atoms with Gasteiger partial charge >= 0.3 is 21.5 Å². The van der Waals surface area contributed by atoms with Crippen LogP contribution >= 0.6 is 45.2 Å².